The quantitative estimate of drug-likeness (QED) is 0.614. The van der Waals surface area contributed by atoms with Crippen molar-refractivity contribution in [2.75, 3.05) is 26.7 Å². The molecule has 1 aromatic heterocycles. The first-order chi connectivity index (χ1) is 14.5. The van der Waals surface area contributed by atoms with E-state index in [1.165, 1.54) is 11.1 Å². The van der Waals surface area contributed by atoms with Gasteiger partial charge in [-0.05, 0) is 48.5 Å². The maximum absolute atomic E-state index is 13.4. The molecule has 3 atom stereocenters. The Hall–Kier alpha value is -2.63. The normalized spacial score (nSPS) is 23.1. The summed E-state index contributed by atoms with van der Waals surface area (Å²) >= 11 is 0. The molecule has 0 spiro atoms. The Morgan fingerprint density at radius 2 is 1.68 bits per heavy atom. The van der Waals surface area contributed by atoms with Crippen LogP contribution in [0.4, 0.5) is 0 Å². The molecule has 2 aliphatic rings. The first-order valence-electron chi connectivity index (χ1n) is 10.6. The number of halogens is 1. The van der Waals surface area contributed by atoms with Gasteiger partial charge in [0.1, 0.15) is 5.56 Å². The van der Waals surface area contributed by atoms with Crippen molar-refractivity contribution in [2.45, 2.75) is 13.0 Å². The van der Waals surface area contributed by atoms with Gasteiger partial charge in [0, 0.05) is 38.6 Å². The standard InChI is InChI=1S/C25H27N3O2.ClH/c1-16-8-4-6-10-19(16)23-21-15-28(14-18(21)13-26(23)2)25(30)20-12-17-9-5-7-11-22(17)27(3)24(20)29;/h4-12,18,21,23H,13-15H2,1-3H3;1H/t18-,21+,23-;/m0./s1. The molecule has 3 aromatic rings. The maximum Gasteiger partial charge on any atom is 0.263 e. The van der Waals surface area contributed by atoms with Crippen molar-refractivity contribution < 1.29 is 4.79 Å². The van der Waals surface area contributed by atoms with Crippen molar-refractivity contribution in [3.63, 3.8) is 0 Å². The monoisotopic (exact) mass is 437 g/mol. The summed E-state index contributed by atoms with van der Waals surface area (Å²) in [5.41, 5.74) is 3.55. The van der Waals surface area contributed by atoms with Crippen LogP contribution >= 0.6 is 12.4 Å². The van der Waals surface area contributed by atoms with Gasteiger partial charge in [-0.2, -0.15) is 0 Å². The Morgan fingerprint density at radius 3 is 2.45 bits per heavy atom. The second kappa shape index (κ2) is 8.13. The first kappa shape index (κ1) is 21.6. The molecule has 2 fully saturated rings. The van der Waals surface area contributed by atoms with Crippen molar-refractivity contribution in [3.8, 4) is 0 Å². The molecule has 0 bridgehead atoms. The van der Waals surface area contributed by atoms with Crippen molar-refractivity contribution in [2.24, 2.45) is 18.9 Å². The molecular formula is C25H28ClN3O2. The fraction of sp³-hybridized carbons (Fsp3) is 0.360. The minimum Gasteiger partial charge on any atom is -0.338 e. The molecule has 2 saturated heterocycles. The number of hydrogen-bond donors (Lipinski definition) is 0. The van der Waals surface area contributed by atoms with E-state index in [-0.39, 0.29) is 29.4 Å². The van der Waals surface area contributed by atoms with Gasteiger partial charge in [0.2, 0.25) is 0 Å². The summed E-state index contributed by atoms with van der Waals surface area (Å²) in [5, 5.41) is 0.917. The number of hydrogen-bond acceptors (Lipinski definition) is 3. The predicted octanol–water partition coefficient (Wildman–Crippen LogP) is 3.64. The van der Waals surface area contributed by atoms with E-state index in [0.29, 0.717) is 31.0 Å². The van der Waals surface area contributed by atoms with Crippen LogP contribution in [0.15, 0.2) is 59.4 Å². The van der Waals surface area contributed by atoms with Crippen LogP contribution in [0.5, 0.6) is 0 Å². The highest BCUT2D eigenvalue weighted by atomic mass is 35.5. The average molecular weight is 438 g/mol. The van der Waals surface area contributed by atoms with Gasteiger partial charge >= 0.3 is 0 Å². The van der Waals surface area contributed by atoms with E-state index in [2.05, 4.69) is 43.1 Å². The van der Waals surface area contributed by atoms with Crippen molar-refractivity contribution >= 4 is 29.2 Å². The molecular weight excluding hydrogens is 410 g/mol. The predicted molar refractivity (Wildman–Crippen MR) is 126 cm³/mol. The van der Waals surface area contributed by atoms with E-state index in [0.717, 1.165) is 17.4 Å². The fourth-order valence-electron chi connectivity index (χ4n) is 5.56. The van der Waals surface area contributed by atoms with E-state index in [9.17, 15) is 9.59 Å². The highest BCUT2D eigenvalue weighted by Gasteiger charge is 2.47. The zero-order valence-electron chi connectivity index (χ0n) is 18.1. The molecule has 0 radical (unpaired) electrons. The zero-order valence-corrected chi connectivity index (χ0v) is 18.9. The number of rotatable bonds is 2. The van der Waals surface area contributed by atoms with E-state index >= 15 is 0 Å². The lowest BCUT2D eigenvalue weighted by Gasteiger charge is -2.28. The number of likely N-dealkylation sites (tertiary alicyclic amines) is 2. The number of nitrogens with zero attached hydrogens (tertiary/aromatic N) is 3. The molecule has 0 N–H and O–H groups in total. The van der Waals surface area contributed by atoms with Gasteiger partial charge in [0.25, 0.3) is 11.5 Å². The Bertz CT molecular complexity index is 1200. The van der Waals surface area contributed by atoms with Crippen LogP contribution in [0.2, 0.25) is 0 Å². The molecule has 0 saturated carbocycles. The molecule has 0 unspecified atom stereocenters. The molecule has 31 heavy (non-hydrogen) atoms. The third kappa shape index (κ3) is 3.46. The summed E-state index contributed by atoms with van der Waals surface area (Å²) < 4.78 is 1.59. The number of benzene rings is 2. The first-order valence-corrected chi connectivity index (χ1v) is 10.6. The number of aromatic nitrogens is 1. The summed E-state index contributed by atoms with van der Waals surface area (Å²) in [6.07, 6.45) is 0. The van der Waals surface area contributed by atoms with Crippen molar-refractivity contribution in [1.29, 1.82) is 0 Å². The fourth-order valence-corrected chi connectivity index (χ4v) is 5.56. The number of pyridine rings is 1. The third-order valence-corrected chi connectivity index (χ3v) is 7.05. The van der Waals surface area contributed by atoms with Gasteiger partial charge in [0.05, 0.1) is 5.52 Å². The largest absolute Gasteiger partial charge is 0.338 e. The SMILES string of the molecule is Cc1ccccc1[C@H]1[C@@H]2CN(C(=O)c3cc4ccccc4n(C)c3=O)C[C@@H]2CN1C.Cl. The average Bonchev–Trinajstić information content (AvgIpc) is 3.27. The number of fused-ring (bicyclic) bond motifs is 2. The molecule has 6 heteroatoms. The molecule has 5 nitrogen and oxygen atoms in total. The molecule has 5 rings (SSSR count). The molecule has 1 amide bonds. The van der Waals surface area contributed by atoms with Crippen LogP contribution in [0, 0.1) is 18.8 Å². The van der Waals surface area contributed by atoms with E-state index in [1.54, 1.807) is 17.7 Å². The minimum atomic E-state index is -0.219. The van der Waals surface area contributed by atoms with Crippen LogP contribution in [0.1, 0.15) is 27.5 Å². The molecule has 162 valence electrons. The lowest BCUT2D eigenvalue weighted by molar-refractivity contribution is 0.0765. The summed E-state index contributed by atoms with van der Waals surface area (Å²) in [6, 6.07) is 18.3. The van der Waals surface area contributed by atoms with Gasteiger partial charge in [-0.25, -0.2) is 0 Å². The number of carbonyl (C=O) groups excluding carboxylic acids is 1. The van der Waals surface area contributed by atoms with Crippen LogP contribution in [0.3, 0.4) is 0 Å². The molecule has 0 aliphatic carbocycles. The highest BCUT2D eigenvalue weighted by Crippen LogP contribution is 2.45. The third-order valence-electron chi connectivity index (χ3n) is 7.05. The molecule has 3 heterocycles. The Morgan fingerprint density at radius 1 is 0.968 bits per heavy atom. The summed E-state index contributed by atoms with van der Waals surface area (Å²) in [4.78, 5) is 30.6. The lowest BCUT2D eigenvalue weighted by atomic mass is 9.88. The van der Waals surface area contributed by atoms with E-state index in [1.807, 2.05) is 29.2 Å². The van der Waals surface area contributed by atoms with Crippen molar-refractivity contribution in [3.05, 3.63) is 81.6 Å². The second-order valence-corrected chi connectivity index (χ2v) is 8.86. The molecule has 2 aliphatic heterocycles. The second-order valence-electron chi connectivity index (χ2n) is 8.86. The minimum absolute atomic E-state index is 0. The van der Waals surface area contributed by atoms with Gasteiger partial charge < -0.3 is 9.47 Å². The number of carbonyl (C=O) groups is 1. The molecule has 2 aromatic carbocycles. The Kier molecular flexibility index (Phi) is 5.67. The summed E-state index contributed by atoms with van der Waals surface area (Å²) in [5.74, 6) is 0.694. The highest BCUT2D eigenvalue weighted by molar-refractivity contribution is 5.97. The van der Waals surface area contributed by atoms with Crippen molar-refractivity contribution in [1.82, 2.24) is 14.4 Å². The Balaban J connectivity index is 0.00000231. The van der Waals surface area contributed by atoms with E-state index < -0.39 is 0 Å². The summed E-state index contributed by atoms with van der Waals surface area (Å²) in [6.45, 7) is 4.55. The smallest absolute Gasteiger partial charge is 0.263 e. The van der Waals surface area contributed by atoms with Gasteiger partial charge in [-0.3, -0.25) is 14.5 Å². The van der Waals surface area contributed by atoms with Gasteiger partial charge in [-0.1, -0.05) is 42.5 Å². The van der Waals surface area contributed by atoms with Gasteiger partial charge in [-0.15, -0.1) is 12.4 Å². The number of aryl methyl sites for hydroxylation is 2. The van der Waals surface area contributed by atoms with Crippen LogP contribution < -0.4 is 5.56 Å². The van der Waals surface area contributed by atoms with E-state index in [4.69, 9.17) is 0 Å². The van der Waals surface area contributed by atoms with Crippen LogP contribution in [-0.4, -0.2) is 47.0 Å². The zero-order chi connectivity index (χ0) is 21.0. The number of para-hydroxylation sites is 1. The van der Waals surface area contributed by atoms with Crippen LogP contribution in [-0.2, 0) is 7.05 Å². The topological polar surface area (TPSA) is 45.6 Å². The lowest BCUT2D eigenvalue weighted by Crippen LogP contribution is -2.37. The van der Waals surface area contributed by atoms with Crippen LogP contribution in [0.25, 0.3) is 10.9 Å². The summed E-state index contributed by atoms with van der Waals surface area (Å²) in [7, 11) is 3.92. The Labute approximate surface area is 188 Å². The van der Waals surface area contributed by atoms with Gasteiger partial charge in [0.15, 0.2) is 0 Å². The number of amides is 1. The maximum atomic E-state index is 13.4.